The van der Waals surface area contributed by atoms with Crippen LogP contribution < -0.4 is 10.4 Å². The largest absolute Gasteiger partial charge is 0.414 e. The number of hydrogen-bond donors (Lipinski definition) is 0. The highest BCUT2D eigenvalue weighted by Gasteiger charge is 2.67. The Labute approximate surface area is 304 Å². The molecule has 0 aliphatic carbocycles. The van der Waals surface area contributed by atoms with Gasteiger partial charge in [0, 0.05) is 6.92 Å². The topological polar surface area (TPSA) is 64.6 Å². The third-order valence-corrected chi connectivity index (χ3v) is 27.0. The first-order valence-electron chi connectivity index (χ1n) is 18.4. The summed E-state index contributed by atoms with van der Waals surface area (Å²) < 4.78 is 50.7. The lowest BCUT2D eigenvalue weighted by atomic mass is 9.99. The molecule has 0 bridgehead atoms. The van der Waals surface area contributed by atoms with Gasteiger partial charge in [-0.3, -0.25) is 0 Å². The number of rotatable bonds is 11. The van der Waals surface area contributed by atoms with Gasteiger partial charge in [-0.05, 0) is 43.3 Å². The molecule has 2 aromatic carbocycles. The second-order valence-electron chi connectivity index (χ2n) is 16.3. The Balaban J connectivity index is 1.66. The number of thioether (sulfide) groups is 1. The standard InChI is InChI=1S/C38H62O7SSi3/c1-14-46-38(13)41-35-34-33(43-48(26(2)3,27(4)5)45-49(44-34,28(6)7)29(8)9)32(40-36(35)42-38)25-39-47(37(10,11)12,30-21-17-15-18-22-30)31-23-19-16-20-24-31/h15-24,26-29,32-36H,14,25H2,1-13H3/t32-,33-,34+,35-,36-,38?/m1/s1. The predicted octanol–water partition coefficient (Wildman–Crippen LogP) is 8.46. The zero-order chi connectivity index (χ0) is 36.0. The van der Waals surface area contributed by atoms with Crippen LogP contribution in [0.1, 0.15) is 90.0 Å². The lowest BCUT2D eigenvalue weighted by molar-refractivity contribution is -0.245. The van der Waals surface area contributed by atoms with Crippen LogP contribution in [0.25, 0.3) is 0 Å². The third-order valence-electron chi connectivity index (χ3n) is 10.7. The molecule has 1 unspecified atom stereocenters. The molecule has 0 radical (unpaired) electrons. The molecule has 3 fully saturated rings. The maximum atomic E-state index is 7.60. The average molecular weight is 747 g/mol. The van der Waals surface area contributed by atoms with Crippen LogP contribution >= 0.6 is 11.8 Å². The summed E-state index contributed by atoms with van der Waals surface area (Å²) in [6.45, 7) is 29.4. The van der Waals surface area contributed by atoms with Gasteiger partial charge in [0.1, 0.15) is 24.4 Å². The lowest BCUT2D eigenvalue weighted by Crippen LogP contribution is -2.68. The van der Waals surface area contributed by atoms with Crippen molar-refractivity contribution in [1.29, 1.82) is 0 Å². The van der Waals surface area contributed by atoms with Crippen LogP contribution in [-0.2, 0) is 31.6 Å². The summed E-state index contributed by atoms with van der Waals surface area (Å²) in [5, 5.41) is 1.41. The van der Waals surface area contributed by atoms with Crippen LogP contribution in [0.15, 0.2) is 60.7 Å². The van der Waals surface area contributed by atoms with Crippen LogP contribution in [0, 0.1) is 0 Å². The Morgan fingerprint density at radius 1 is 0.735 bits per heavy atom. The van der Waals surface area contributed by atoms with Crippen molar-refractivity contribution in [2.45, 2.75) is 153 Å². The van der Waals surface area contributed by atoms with Crippen molar-refractivity contribution in [3.05, 3.63) is 60.7 Å². The van der Waals surface area contributed by atoms with E-state index >= 15 is 0 Å². The van der Waals surface area contributed by atoms with Gasteiger partial charge in [-0.15, -0.1) is 0 Å². The summed E-state index contributed by atoms with van der Waals surface area (Å²) in [5.41, 5.74) is 0.783. The van der Waals surface area contributed by atoms with E-state index in [-0.39, 0.29) is 27.2 Å². The van der Waals surface area contributed by atoms with Crippen molar-refractivity contribution >= 4 is 47.6 Å². The fourth-order valence-electron chi connectivity index (χ4n) is 8.37. The van der Waals surface area contributed by atoms with E-state index in [0.717, 1.165) is 5.75 Å². The van der Waals surface area contributed by atoms with Crippen molar-refractivity contribution in [2.75, 3.05) is 12.4 Å². The van der Waals surface area contributed by atoms with Crippen molar-refractivity contribution in [1.82, 2.24) is 0 Å². The summed E-state index contributed by atoms with van der Waals surface area (Å²) >= 11 is 1.63. The molecule has 0 saturated carbocycles. The normalized spacial score (nSPS) is 30.1. The molecule has 274 valence electrons. The highest BCUT2D eigenvalue weighted by atomic mass is 32.2. The van der Waals surface area contributed by atoms with Gasteiger partial charge in [-0.1, -0.05) is 156 Å². The van der Waals surface area contributed by atoms with Crippen molar-refractivity contribution in [3.63, 3.8) is 0 Å². The van der Waals surface area contributed by atoms with E-state index in [9.17, 15) is 0 Å². The minimum Gasteiger partial charge on any atom is -0.414 e. The van der Waals surface area contributed by atoms with Gasteiger partial charge < -0.3 is 31.6 Å². The second kappa shape index (κ2) is 14.9. The summed E-state index contributed by atoms with van der Waals surface area (Å²) in [5.74, 6) is 0.846. The van der Waals surface area contributed by atoms with E-state index in [1.165, 1.54) is 10.4 Å². The maximum absolute atomic E-state index is 7.60. The van der Waals surface area contributed by atoms with Crippen LogP contribution in [0.2, 0.25) is 27.2 Å². The van der Waals surface area contributed by atoms with Gasteiger partial charge in [-0.2, -0.15) is 0 Å². The highest BCUT2D eigenvalue weighted by molar-refractivity contribution is 8.00. The van der Waals surface area contributed by atoms with E-state index in [0.29, 0.717) is 6.61 Å². The van der Waals surface area contributed by atoms with Gasteiger partial charge in [0.2, 0.25) is 5.12 Å². The second-order valence-corrected chi connectivity index (χ2v) is 31.0. The first-order chi connectivity index (χ1) is 23.0. The molecule has 3 aliphatic heterocycles. The van der Waals surface area contributed by atoms with Crippen molar-refractivity contribution in [3.8, 4) is 0 Å². The third kappa shape index (κ3) is 7.13. The monoisotopic (exact) mass is 746 g/mol. The minimum absolute atomic E-state index is 0.189. The highest BCUT2D eigenvalue weighted by Crippen LogP contribution is 2.52. The van der Waals surface area contributed by atoms with E-state index in [2.05, 4.69) is 144 Å². The Morgan fingerprint density at radius 2 is 1.20 bits per heavy atom. The number of hydrogen-bond acceptors (Lipinski definition) is 8. The molecule has 2 aromatic rings. The van der Waals surface area contributed by atoms with Gasteiger partial charge in [0.05, 0.1) is 6.61 Å². The molecule has 11 heteroatoms. The molecule has 0 spiro atoms. The quantitative estimate of drug-likeness (QED) is 0.213. The summed E-state index contributed by atoms with van der Waals surface area (Å²) in [4.78, 5) is 0. The Bertz CT molecular complexity index is 1320. The van der Waals surface area contributed by atoms with E-state index in [1.807, 2.05) is 6.92 Å². The number of ether oxygens (including phenoxy) is 3. The number of fused-ring (bicyclic) bond motifs is 3. The van der Waals surface area contributed by atoms with Gasteiger partial charge in [-0.25, -0.2) is 0 Å². The minimum atomic E-state index is -2.92. The summed E-state index contributed by atoms with van der Waals surface area (Å²) in [6.07, 6.45) is -2.45. The van der Waals surface area contributed by atoms with E-state index in [1.54, 1.807) is 11.8 Å². The SMILES string of the molecule is CCSC1(C)O[C@H]2O[C@H](CO[Si](c3ccccc3)(c3ccccc3)C(C)(C)C)[C@H]3O[Si](C(C)C)(C(C)C)O[Si](C(C)C)(C(C)C)O[C@@H]3[C@H]2O1. The summed E-state index contributed by atoms with van der Waals surface area (Å²) in [7, 11) is -8.71. The molecule has 7 nitrogen and oxygen atoms in total. The van der Waals surface area contributed by atoms with Crippen molar-refractivity contribution in [2.24, 2.45) is 0 Å². The molecule has 3 heterocycles. The Kier molecular flexibility index (Phi) is 12.0. The summed E-state index contributed by atoms with van der Waals surface area (Å²) in [6, 6.07) is 21.5. The fourth-order valence-corrected chi connectivity index (χ4v) is 25.1. The van der Waals surface area contributed by atoms with Gasteiger partial charge in [0.25, 0.3) is 8.32 Å². The van der Waals surface area contributed by atoms with E-state index in [4.69, 9.17) is 31.6 Å². The van der Waals surface area contributed by atoms with Crippen LogP contribution in [0.3, 0.4) is 0 Å². The lowest BCUT2D eigenvalue weighted by Gasteiger charge is -2.47. The first kappa shape index (κ1) is 39.4. The van der Waals surface area contributed by atoms with Gasteiger partial charge >= 0.3 is 17.1 Å². The molecule has 0 aromatic heterocycles. The molecule has 0 N–H and O–H groups in total. The first-order valence-corrected chi connectivity index (χ1v) is 25.3. The van der Waals surface area contributed by atoms with E-state index < -0.39 is 61.3 Å². The fraction of sp³-hybridized carbons (Fsp3) is 0.684. The number of benzene rings is 2. The molecule has 3 saturated heterocycles. The molecule has 6 atom stereocenters. The predicted molar refractivity (Wildman–Crippen MR) is 207 cm³/mol. The van der Waals surface area contributed by atoms with Crippen LogP contribution in [0.5, 0.6) is 0 Å². The van der Waals surface area contributed by atoms with Crippen molar-refractivity contribution < 1.29 is 31.6 Å². The van der Waals surface area contributed by atoms with Gasteiger partial charge in [0.15, 0.2) is 6.29 Å². The molecule has 49 heavy (non-hydrogen) atoms. The van der Waals surface area contributed by atoms with Crippen LogP contribution in [-0.4, -0.2) is 73.6 Å². The molecule has 5 rings (SSSR count). The Hall–Kier alpha value is -0.839. The molecular weight excluding hydrogens is 685 g/mol. The Morgan fingerprint density at radius 3 is 1.63 bits per heavy atom. The smallest absolute Gasteiger partial charge is 0.335 e. The zero-order valence-corrected chi connectivity index (χ0v) is 36.0. The molecular formula is C38H62O7SSi3. The van der Waals surface area contributed by atoms with Crippen LogP contribution in [0.4, 0.5) is 0 Å². The zero-order valence-electron chi connectivity index (χ0n) is 32.1. The molecule has 3 aliphatic rings. The average Bonchev–Trinajstić information content (AvgIpc) is 3.25. The molecule has 0 amide bonds. The maximum Gasteiger partial charge on any atom is 0.335 e.